The van der Waals surface area contributed by atoms with Crippen LogP contribution in [0.3, 0.4) is 0 Å². The van der Waals surface area contributed by atoms with E-state index in [-0.39, 0.29) is 23.7 Å². The van der Waals surface area contributed by atoms with Crippen LogP contribution in [-0.4, -0.2) is 44.9 Å². The van der Waals surface area contributed by atoms with Crippen LogP contribution in [0.25, 0.3) is 10.9 Å². The Balaban J connectivity index is 2.32. The third-order valence-corrected chi connectivity index (χ3v) is 4.79. The zero-order valence-corrected chi connectivity index (χ0v) is 14.1. The highest BCUT2D eigenvalue weighted by molar-refractivity contribution is 6.52. The van der Waals surface area contributed by atoms with Crippen LogP contribution in [0.15, 0.2) is 10.9 Å². The van der Waals surface area contributed by atoms with E-state index in [1.54, 1.807) is 14.8 Å². The van der Waals surface area contributed by atoms with E-state index in [2.05, 4.69) is 10.3 Å². The van der Waals surface area contributed by atoms with E-state index in [1.807, 2.05) is 21.8 Å². The van der Waals surface area contributed by atoms with Crippen molar-refractivity contribution in [3.05, 3.63) is 22.2 Å². The van der Waals surface area contributed by atoms with Crippen molar-refractivity contribution in [1.82, 2.24) is 14.9 Å². The van der Waals surface area contributed by atoms with Crippen LogP contribution in [0.5, 0.6) is 0 Å². The second-order valence-electron chi connectivity index (χ2n) is 6.50. The van der Waals surface area contributed by atoms with E-state index in [0.717, 1.165) is 10.9 Å². The third kappa shape index (κ3) is 2.33. The molecule has 10 heteroatoms. The molecule has 2 amide bonds. The van der Waals surface area contributed by atoms with Crippen molar-refractivity contribution >= 4 is 62.9 Å². The zero-order chi connectivity index (χ0) is 17.8. The molecular weight excluding hydrogens is 305 g/mol. The Morgan fingerprint density at radius 3 is 2.62 bits per heavy atom. The van der Waals surface area contributed by atoms with Gasteiger partial charge >= 0.3 is 0 Å². The molecule has 3 N–H and O–H groups in total. The number of aromatic nitrogens is 2. The van der Waals surface area contributed by atoms with Gasteiger partial charge in [0.1, 0.15) is 35.4 Å². The number of nitrogen functional groups attached to an aromatic ring is 1. The number of benzene rings is 1. The van der Waals surface area contributed by atoms with Crippen LogP contribution in [0.4, 0.5) is 5.69 Å². The number of nitrogens with zero attached hydrogens (tertiary/aromatic N) is 2. The summed E-state index contributed by atoms with van der Waals surface area (Å²) in [4.78, 5) is 41.4. The van der Waals surface area contributed by atoms with E-state index in [1.165, 1.54) is 4.57 Å². The van der Waals surface area contributed by atoms with Gasteiger partial charge in [0.05, 0.1) is 10.9 Å². The minimum absolute atomic E-state index is 0.183. The number of imide groups is 1. The highest BCUT2D eigenvalue weighted by atomic mass is 16.2. The maximum absolute atomic E-state index is 13.1. The quantitative estimate of drug-likeness (QED) is 0.315. The molecule has 120 valence electrons. The van der Waals surface area contributed by atoms with Crippen LogP contribution in [0.2, 0.25) is 5.82 Å². The highest BCUT2D eigenvalue weighted by Crippen LogP contribution is 2.28. The lowest BCUT2D eigenvalue weighted by atomic mass is 9.75. The van der Waals surface area contributed by atoms with Crippen LogP contribution in [0.1, 0.15) is 18.3 Å². The van der Waals surface area contributed by atoms with E-state index in [0.29, 0.717) is 22.4 Å². The van der Waals surface area contributed by atoms with E-state index in [9.17, 15) is 14.4 Å². The monoisotopic (exact) mass is 322 g/mol. The minimum atomic E-state index is -0.770. The summed E-state index contributed by atoms with van der Waals surface area (Å²) in [5, 5.41) is 2.62. The average molecular weight is 322 g/mol. The molecule has 2 heterocycles. The molecule has 2 unspecified atom stereocenters. The van der Waals surface area contributed by atoms with Gasteiger partial charge in [0.15, 0.2) is 0 Å². The van der Waals surface area contributed by atoms with Crippen molar-refractivity contribution in [2.75, 3.05) is 5.73 Å². The summed E-state index contributed by atoms with van der Waals surface area (Å²) in [5.74, 6) is -0.673. The van der Waals surface area contributed by atoms with Crippen molar-refractivity contribution in [3.8, 4) is 0 Å². The first kappa shape index (κ1) is 16.4. The molecule has 1 aromatic heterocycles. The number of hydrogen-bond donors (Lipinski definition) is 2. The van der Waals surface area contributed by atoms with Gasteiger partial charge in [-0.15, -0.1) is 0 Å². The number of rotatable bonds is 1. The molecule has 7 nitrogen and oxygen atoms in total. The third-order valence-electron chi connectivity index (χ3n) is 4.79. The fourth-order valence-corrected chi connectivity index (χ4v) is 3.36. The van der Waals surface area contributed by atoms with Crippen molar-refractivity contribution in [2.24, 2.45) is 0 Å². The summed E-state index contributed by atoms with van der Waals surface area (Å²) >= 11 is 0. The Morgan fingerprint density at radius 2 is 2.00 bits per heavy atom. The highest BCUT2D eigenvalue weighted by Gasteiger charge is 2.36. The Morgan fingerprint density at radius 1 is 1.33 bits per heavy atom. The summed E-state index contributed by atoms with van der Waals surface area (Å²) in [7, 11) is 5.54. The van der Waals surface area contributed by atoms with E-state index >= 15 is 0 Å². The first-order chi connectivity index (χ1) is 11.2. The Labute approximate surface area is 141 Å². The van der Waals surface area contributed by atoms with Crippen molar-refractivity contribution in [3.63, 3.8) is 0 Å². The van der Waals surface area contributed by atoms with Gasteiger partial charge in [0, 0.05) is 12.1 Å². The van der Waals surface area contributed by atoms with Crippen LogP contribution >= 0.6 is 0 Å². The predicted octanol–water partition coefficient (Wildman–Crippen LogP) is -4.19. The van der Waals surface area contributed by atoms with Gasteiger partial charge in [0.2, 0.25) is 11.8 Å². The predicted molar refractivity (Wildman–Crippen MR) is 101 cm³/mol. The molecule has 0 spiro atoms. The lowest BCUT2D eigenvalue weighted by Gasteiger charge is -2.30. The SMILES string of the molecule is Bc1cc2nc(C)n(C3C(=O)NC(=O)CC3B)c(=O)c2c(N)c1B. The Kier molecular flexibility index (Phi) is 3.78. The molecule has 2 aromatic rings. The number of fused-ring (bicyclic) bond motifs is 1. The number of carbonyl (C=O) groups is 2. The molecule has 0 bridgehead atoms. The van der Waals surface area contributed by atoms with Gasteiger partial charge in [-0.25, -0.2) is 4.98 Å². The average Bonchev–Trinajstić information content (AvgIpc) is 2.46. The summed E-state index contributed by atoms with van der Waals surface area (Å²) in [6.45, 7) is 1.68. The molecule has 24 heavy (non-hydrogen) atoms. The molecule has 1 fully saturated rings. The zero-order valence-electron chi connectivity index (χ0n) is 14.1. The fraction of sp³-hybridized carbons (Fsp3) is 0.286. The number of amides is 2. The molecule has 3 rings (SSSR count). The number of piperidine rings is 1. The fourth-order valence-electron chi connectivity index (χ4n) is 3.36. The first-order valence-electron chi connectivity index (χ1n) is 7.84. The molecule has 1 aliphatic rings. The largest absolute Gasteiger partial charge is 0.398 e. The summed E-state index contributed by atoms with van der Waals surface area (Å²) in [5.41, 5.74) is 8.50. The first-order valence-corrected chi connectivity index (χ1v) is 7.84. The number of aryl methyl sites for hydroxylation is 1. The summed E-state index contributed by atoms with van der Waals surface area (Å²) in [6.07, 6.45) is 0.183. The standard InChI is InChI=1S/C14H17B3N4O3/c1-4-19-7-2-5(15)10(17)11(18)9(7)14(24)21(4)12-6(16)3-8(22)20-13(12)23/h2,6,12H,3,15-18H2,1H3,(H,20,22,23). The second kappa shape index (κ2) is 5.54. The maximum Gasteiger partial charge on any atom is 0.264 e. The molecule has 1 aliphatic heterocycles. The van der Waals surface area contributed by atoms with Gasteiger partial charge < -0.3 is 5.73 Å². The van der Waals surface area contributed by atoms with Gasteiger partial charge in [-0.1, -0.05) is 10.9 Å². The summed E-state index contributed by atoms with van der Waals surface area (Å²) in [6, 6.07) is 1.06. The van der Waals surface area contributed by atoms with Crippen LogP contribution < -0.4 is 27.5 Å². The molecular formula is C14H17B3N4O3. The minimum Gasteiger partial charge on any atom is -0.398 e. The maximum atomic E-state index is 13.1. The topological polar surface area (TPSA) is 107 Å². The Bertz CT molecular complexity index is 957. The lowest BCUT2D eigenvalue weighted by molar-refractivity contribution is -0.135. The van der Waals surface area contributed by atoms with E-state index in [4.69, 9.17) is 5.73 Å². The molecule has 0 aliphatic carbocycles. The van der Waals surface area contributed by atoms with Gasteiger partial charge in [0.25, 0.3) is 5.56 Å². The molecule has 0 radical (unpaired) electrons. The number of nitrogens with two attached hydrogens (primary N) is 1. The molecule has 0 saturated carbocycles. The van der Waals surface area contributed by atoms with Crippen LogP contribution in [-0.2, 0) is 9.59 Å². The van der Waals surface area contributed by atoms with Gasteiger partial charge in [-0.05, 0) is 18.8 Å². The lowest BCUT2D eigenvalue weighted by Crippen LogP contribution is -2.48. The number of hydrogen-bond acceptors (Lipinski definition) is 5. The van der Waals surface area contributed by atoms with Gasteiger partial charge in [-0.3, -0.25) is 24.3 Å². The summed E-state index contributed by atoms with van der Waals surface area (Å²) < 4.78 is 1.36. The number of nitrogens with one attached hydrogen (secondary N) is 1. The molecule has 1 aromatic carbocycles. The number of anilines is 1. The molecule has 2 atom stereocenters. The smallest absolute Gasteiger partial charge is 0.264 e. The normalized spacial score (nSPS) is 21.0. The van der Waals surface area contributed by atoms with Crippen molar-refractivity contribution in [1.29, 1.82) is 0 Å². The molecule has 1 saturated heterocycles. The van der Waals surface area contributed by atoms with E-state index < -0.39 is 11.9 Å². The van der Waals surface area contributed by atoms with Gasteiger partial charge in [-0.2, -0.15) is 0 Å². The second-order valence-corrected chi connectivity index (χ2v) is 6.50. The Hall–Kier alpha value is -2.51. The number of carbonyl (C=O) groups excluding carboxylic acids is 2. The van der Waals surface area contributed by atoms with Crippen molar-refractivity contribution < 1.29 is 9.59 Å². The van der Waals surface area contributed by atoms with Crippen LogP contribution in [0, 0.1) is 6.92 Å². The van der Waals surface area contributed by atoms with Crippen molar-refractivity contribution in [2.45, 2.75) is 25.2 Å².